The minimum atomic E-state index is -0.441. The summed E-state index contributed by atoms with van der Waals surface area (Å²) in [5.74, 6) is 2.51. The summed E-state index contributed by atoms with van der Waals surface area (Å²) in [7, 11) is 0. The average Bonchev–Trinajstić information content (AvgIpc) is 3.55. The number of hydrogen-bond acceptors (Lipinski definition) is 7. The Balaban J connectivity index is 1.18. The molecule has 10 heteroatoms. The van der Waals surface area contributed by atoms with Crippen molar-refractivity contribution >= 4 is 17.8 Å². The molecule has 3 aromatic rings. The lowest BCUT2D eigenvalue weighted by Gasteiger charge is -2.29. The Kier molecular flexibility index (Phi) is 7.77. The Morgan fingerprint density at radius 1 is 1.10 bits per heavy atom. The molecule has 0 spiro atoms. The number of hydrogen-bond donors (Lipinski definition) is 2. The number of imidazole rings is 1. The SMILES string of the molecule is CCn1c(N2CCC(=O)NC2=O)cnc1-c1ccc2c(n1)[C@H](CO)N(Cc1ccc(O[C@H]3CCCC[C@H]3C)cc1)C2. The quantitative estimate of drug-likeness (QED) is 0.421. The number of fused-ring (bicyclic) bond motifs is 1. The molecule has 2 aliphatic heterocycles. The zero-order valence-electron chi connectivity index (χ0n) is 23.8. The molecule has 10 nitrogen and oxygen atoms in total. The maximum atomic E-state index is 12.5. The van der Waals surface area contributed by atoms with E-state index in [2.05, 4.69) is 52.5 Å². The lowest BCUT2D eigenvalue weighted by molar-refractivity contribution is -0.120. The summed E-state index contributed by atoms with van der Waals surface area (Å²) in [5, 5.41) is 12.8. The van der Waals surface area contributed by atoms with Crippen LogP contribution in [0.4, 0.5) is 10.6 Å². The number of nitrogens with one attached hydrogen (secondary N) is 1. The van der Waals surface area contributed by atoms with Gasteiger partial charge in [-0.15, -0.1) is 0 Å². The van der Waals surface area contributed by atoms with Crippen molar-refractivity contribution in [1.82, 2.24) is 24.8 Å². The van der Waals surface area contributed by atoms with Crippen molar-refractivity contribution in [3.8, 4) is 17.3 Å². The van der Waals surface area contributed by atoms with Gasteiger partial charge < -0.3 is 14.4 Å². The number of urea groups is 1. The number of imide groups is 1. The standard InChI is InChI=1S/C31H38N6O4/c1-3-36-28(37-15-14-27(39)34-31(37)40)16-32-30(36)24-13-10-22-18-35(25(19-38)29(22)33-24)17-21-8-11-23(12-9-21)41-26-7-5-4-6-20(26)2/h8-13,16,20,25-26,38H,3-7,14-15,17-19H2,1-2H3,(H,34,39,40)/t20-,25+,26+/m1/s1. The van der Waals surface area contributed by atoms with Crippen molar-refractivity contribution < 1.29 is 19.4 Å². The summed E-state index contributed by atoms with van der Waals surface area (Å²) in [6.45, 7) is 6.49. The van der Waals surface area contributed by atoms with Crippen molar-refractivity contribution in [3.63, 3.8) is 0 Å². The summed E-state index contributed by atoms with van der Waals surface area (Å²) >= 11 is 0. The number of ether oxygens (including phenoxy) is 1. The third-order valence-corrected chi connectivity index (χ3v) is 8.65. The van der Waals surface area contributed by atoms with E-state index in [0.29, 0.717) is 55.5 Å². The topological polar surface area (TPSA) is 113 Å². The number of carbonyl (C=O) groups excluding carboxylic acids is 2. The number of rotatable bonds is 8. The molecule has 0 radical (unpaired) electrons. The summed E-state index contributed by atoms with van der Waals surface area (Å²) in [6, 6.07) is 11.7. The van der Waals surface area contributed by atoms with Gasteiger partial charge in [-0.1, -0.05) is 31.5 Å². The first kappa shape index (κ1) is 27.4. The van der Waals surface area contributed by atoms with Crippen molar-refractivity contribution in [2.45, 2.75) is 77.7 Å². The van der Waals surface area contributed by atoms with Crippen LogP contribution >= 0.6 is 0 Å². The second-order valence-corrected chi connectivity index (χ2v) is 11.3. The highest BCUT2D eigenvalue weighted by Gasteiger charge is 2.33. The maximum Gasteiger partial charge on any atom is 0.329 e. The van der Waals surface area contributed by atoms with Crippen molar-refractivity contribution in [2.24, 2.45) is 5.92 Å². The minimum absolute atomic E-state index is 0.0420. The zero-order chi connectivity index (χ0) is 28.5. The molecule has 216 valence electrons. The molecule has 3 amide bonds. The molecule has 1 aliphatic carbocycles. The van der Waals surface area contributed by atoms with Crippen LogP contribution in [0.15, 0.2) is 42.6 Å². The fraction of sp³-hybridized carbons (Fsp3) is 0.484. The molecule has 2 N–H and O–H groups in total. The average molecular weight is 559 g/mol. The maximum absolute atomic E-state index is 12.5. The number of amides is 3. The first-order valence-electron chi connectivity index (χ1n) is 14.7. The highest BCUT2D eigenvalue weighted by Crippen LogP contribution is 2.36. The van der Waals surface area contributed by atoms with Crippen molar-refractivity contribution in [1.29, 1.82) is 0 Å². The van der Waals surface area contributed by atoms with Gasteiger partial charge in [-0.05, 0) is 61.4 Å². The van der Waals surface area contributed by atoms with E-state index < -0.39 is 6.03 Å². The smallest absolute Gasteiger partial charge is 0.329 e. The van der Waals surface area contributed by atoms with Gasteiger partial charge in [0, 0.05) is 32.6 Å². The molecule has 0 unspecified atom stereocenters. The third-order valence-electron chi connectivity index (χ3n) is 8.65. The van der Waals surface area contributed by atoms with Crippen LogP contribution in [-0.2, 0) is 24.4 Å². The van der Waals surface area contributed by atoms with Gasteiger partial charge in [-0.2, -0.15) is 0 Å². The Labute approximate surface area is 240 Å². The van der Waals surface area contributed by atoms with Gasteiger partial charge in [0.25, 0.3) is 0 Å². The van der Waals surface area contributed by atoms with E-state index in [4.69, 9.17) is 9.72 Å². The Hall–Kier alpha value is -3.76. The molecule has 2 aromatic heterocycles. The van der Waals surface area contributed by atoms with Crippen LogP contribution in [0.5, 0.6) is 5.75 Å². The second-order valence-electron chi connectivity index (χ2n) is 11.3. The number of anilines is 1. The van der Waals surface area contributed by atoms with E-state index in [1.165, 1.54) is 19.3 Å². The fourth-order valence-corrected chi connectivity index (χ4v) is 6.34. The molecule has 41 heavy (non-hydrogen) atoms. The highest BCUT2D eigenvalue weighted by atomic mass is 16.5. The number of nitrogens with zero attached hydrogens (tertiary/aromatic N) is 5. The van der Waals surface area contributed by atoms with Gasteiger partial charge in [0.2, 0.25) is 5.91 Å². The summed E-state index contributed by atoms with van der Waals surface area (Å²) in [4.78, 5) is 37.4. The van der Waals surface area contributed by atoms with Gasteiger partial charge >= 0.3 is 6.03 Å². The van der Waals surface area contributed by atoms with E-state index in [0.717, 1.165) is 29.0 Å². The normalized spacial score (nSPS) is 23.0. The van der Waals surface area contributed by atoms with Crippen LogP contribution in [-0.4, -0.2) is 55.7 Å². The predicted molar refractivity (Wildman–Crippen MR) is 154 cm³/mol. The molecular formula is C31H38N6O4. The number of aromatic nitrogens is 3. The van der Waals surface area contributed by atoms with Crippen LogP contribution in [0.1, 0.15) is 68.8 Å². The second kappa shape index (κ2) is 11.6. The number of benzene rings is 1. The molecule has 3 atom stereocenters. The summed E-state index contributed by atoms with van der Waals surface area (Å²) in [6.07, 6.45) is 7.08. The predicted octanol–water partition coefficient (Wildman–Crippen LogP) is 4.42. The monoisotopic (exact) mass is 558 g/mol. The van der Waals surface area contributed by atoms with Gasteiger partial charge in [0.05, 0.1) is 24.5 Å². The van der Waals surface area contributed by atoms with Crippen LogP contribution < -0.4 is 15.0 Å². The van der Waals surface area contributed by atoms with E-state index in [-0.39, 0.29) is 25.0 Å². The van der Waals surface area contributed by atoms with Gasteiger partial charge in [-0.25, -0.2) is 14.8 Å². The van der Waals surface area contributed by atoms with Crippen molar-refractivity contribution in [2.75, 3.05) is 18.1 Å². The van der Waals surface area contributed by atoms with Gasteiger partial charge in [0.15, 0.2) is 5.82 Å². The van der Waals surface area contributed by atoms with Crippen molar-refractivity contribution in [3.05, 3.63) is 59.4 Å². The largest absolute Gasteiger partial charge is 0.490 e. The van der Waals surface area contributed by atoms with Gasteiger partial charge in [-0.3, -0.25) is 19.9 Å². The fourth-order valence-electron chi connectivity index (χ4n) is 6.34. The van der Waals surface area contributed by atoms with E-state index in [1.54, 1.807) is 11.1 Å². The number of aliphatic hydroxyl groups is 1. The lowest BCUT2D eigenvalue weighted by Crippen LogP contribution is -2.50. The first-order valence-corrected chi connectivity index (χ1v) is 14.7. The summed E-state index contributed by atoms with van der Waals surface area (Å²) in [5.41, 5.74) is 3.78. The molecule has 2 fully saturated rings. The van der Waals surface area contributed by atoms with Crippen LogP contribution in [0.25, 0.3) is 11.5 Å². The van der Waals surface area contributed by atoms with E-state index in [1.807, 2.05) is 17.6 Å². The molecule has 1 saturated carbocycles. The molecule has 1 aromatic carbocycles. The zero-order valence-corrected chi connectivity index (χ0v) is 23.8. The van der Waals surface area contributed by atoms with Crippen LogP contribution in [0.2, 0.25) is 0 Å². The molecule has 6 rings (SSSR count). The number of pyridine rings is 1. The molecule has 1 saturated heterocycles. The Morgan fingerprint density at radius 2 is 1.90 bits per heavy atom. The van der Waals surface area contributed by atoms with Gasteiger partial charge in [0.1, 0.15) is 23.4 Å². The van der Waals surface area contributed by atoms with Crippen LogP contribution in [0, 0.1) is 5.92 Å². The first-order chi connectivity index (χ1) is 19.9. The Morgan fingerprint density at radius 3 is 2.63 bits per heavy atom. The van der Waals surface area contributed by atoms with E-state index in [9.17, 15) is 14.7 Å². The lowest BCUT2D eigenvalue weighted by atomic mass is 9.88. The Bertz CT molecular complexity index is 1420. The van der Waals surface area contributed by atoms with E-state index >= 15 is 0 Å². The molecule has 4 heterocycles. The minimum Gasteiger partial charge on any atom is -0.490 e. The molecular weight excluding hydrogens is 520 g/mol. The number of carbonyl (C=O) groups is 2. The molecule has 3 aliphatic rings. The van der Waals surface area contributed by atoms with Crippen LogP contribution in [0.3, 0.4) is 0 Å². The number of aliphatic hydroxyl groups excluding tert-OH is 1. The summed E-state index contributed by atoms with van der Waals surface area (Å²) < 4.78 is 8.23. The molecule has 0 bridgehead atoms. The highest BCUT2D eigenvalue weighted by molar-refractivity contribution is 6.05. The third kappa shape index (κ3) is 5.46.